The summed E-state index contributed by atoms with van der Waals surface area (Å²) in [6, 6.07) is 16.3. The van der Waals surface area contributed by atoms with Gasteiger partial charge >= 0.3 is 0 Å². The number of hydrogen-bond donors (Lipinski definition) is 1. The fourth-order valence-corrected chi connectivity index (χ4v) is 3.02. The summed E-state index contributed by atoms with van der Waals surface area (Å²) in [5, 5.41) is 8.92. The van der Waals surface area contributed by atoms with Crippen LogP contribution in [0.2, 0.25) is 0 Å². The number of benzene rings is 2. The van der Waals surface area contributed by atoms with Crippen LogP contribution in [0.4, 0.5) is 23.1 Å². The van der Waals surface area contributed by atoms with Gasteiger partial charge in [0.05, 0.1) is 5.52 Å². The number of hydrogen-bond acceptors (Lipinski definition) is 5. The van der Waals surface area contributed by atoms with E-state index in [-0.39, 0.29) is 0 Å². The molecule has 27 heavy (non-hydrogen) atoms. The number of fused-ring (bicyclic) bond motifs is 1. The molecule has 0 spiro atoms. The van der Waals surface area contributed by atoms with E-state index in [0.29, 0.717) is 5.95 Å². The van der Waals surface area contributed by atoms with E-state index < -0.39 is 0 Å². The molecule has 0 fully saturated rings. The highest BCUT2D eigenvalue weighted by molar-refractivity contribution is 5.86. The van der Waals surface area contributed by atoms with Crippen LogP contribution < -0.4 is 10.2 Å². The van der Waals surface area contributed by atoms with Gasteiger partial charge in [0.15, 0.2) is 0 Å². The molecule has 1 N–H and O–H groups in total. The maximum absolute atomic E-state index is 4.66. The molecule has 0 unspecified atom stereocenters. The molecule has 0 aliphatic heterocycles. The van der Waals surface area contributed by atoms with Crippen LogP contribution in [0.25, 0.3) is 10.9 Å². The number of nitrogens with one attached hydrogen (secondary N) is 1. The third-order valence-electron chi connectivity index (χ3n) is 4.79. The standard InChI is InChI=1S/C21H22N6/c1-14-5-7-16(8-6-14)23-21-22-12-11-20(24-21)26(3)17-9-10-19-18(13-17)15(2)27(4)25-19/h5-13H,1-4H3,(H,22,23,24). The third-order valence-corrected chi connectivity index (χ3v) is 4.79. The summed E-state index contributed by atoms with van der Waals surface area (Å²) >= 11 is 0. The quantitative estimate of drug-likeness (QED) is 0.582. The molecule has 0 aliphatic carbocycles. The molecule has 0 atom stereocenters. The van der Waals surface area contributed by atoms with E-state index in [4.69, 9.17) is 0 Å². The zero-order valence-electron chi connectivity index (χ0n) is 15.9. The highest BCUT2D eigenvalue weighted by Crippen LogP contribution is 2.27. The van der Waals surface area contributed by atoms with Gasteiger partial charge in [-0.25, -0.2) is 4.98 Å². The highest BCUT2D eigenvalue weighted by Gasteiger charge is 2.11. The van der Waals surface area contributed by atoms with Gasteiger partial charge in [-0.1, -0.05) is 17.7 Å². The normalized spacial score (nSPS) is 11.0. The minimum absolute atomic E-state index is 0.571. The summed E-state index contributed by atoms with van der Waals surface area (Å²) in [6.07, 6.45) is 1.77. The molecule has 0 bridgehead atoms. The first-order chi connectivity index (χ1) is 13.0. The predicted octanol–water partition coefficient (Wildman–Crippen LogP) is 4.49. The van der Waals surface area contributed by atoms with Crippen molar-refractivity contribution in [3.63, 3.8) is 0 Å². The molecule has 4 rings (SSSR count). The SMILES string of the molecule is Cc1ccc(Nc2nccc(N(C)c3ccc4nn(C)c(C)c4c3)n2)cc1. The van der Waals surface area contributed by atoms with Gasteiger partial charge in [-0.15, -0.1) is 0 Å². The molecule has 0 radical (unpaired) electrons. The molecule has 6 nitrogen and oxygen atoms in total. The Morgan fingerprint density at radius 3 is 2.56 bits per heavy atom. The van der Waals surface area contributed by atoms with Crippen molar-refractivity contribution in [1.29, 1.82) is 0 Å². The first-order valence-electron chi connectivity index (χ1n) is 8.85. The monoisotopic (exact) mass is 358 g/mol. The molecule has 2 aromatic heterocycles. The van der Waals surface area contributed by atoms with Crippen LogP contribution in [0.3, 0.4) is 0 Å². The highest BCUT2D eigenvalue weighted by atomic mass is 15.3. The van der Waals surface area contributed by atoms with Crippen LogP contribution in [0.5, 0.6) is 0 Å². The lowest BCUT2D eigenvalue weighted by atomic mass is 10.2. The summed E-state index contributed by atoms with van der Waals surface area (Å²) in [5.74, 6) is 1.39. The molecule has 0 saturated heterocycles. The molecular formula is C21H22N6. The van der Waals surface area contributed by atoms with Gasteiger partial charge in [0.1, 0.15) is 5.82 Å². The Morgan fingerprint density at radius 2 is 1.78 bits per heavy atom. The van der Waals surface area contributed by atoms with Crippen molar-refractivity contribution < 1.29 is 0 Å². The van der Waals surface area contributed by atoms with Crippen LogP contribution in [0.1, 0.15) is 11.3 Å². The average Bonchev–Trinajstić information content (AvgIpc) is 2.97. The number of anilines is 4. The second-order valence-electron chi connectivity index (χ2n) is 6.70. The van der Waals surface area contributed by atoms with Gasteiger partial charge in [-0.2, -0.15) is 10.1 Å². The van der Waals surface area contributed by atoms with E-state index in [9.17, 15) is 0 Å². The smallest absolute Gasteiger partial charge is 0.229 e. The van der Waals surface area contributed by atoms with Crippen LogP contribution in [0.15, 0.2) is 54.7 Å². The lowest BCUT2D eigenvalue weighted by molar-refractivity contribution is 0.751. The molecule has 0 aliphatic rings. The van der Waals surface area contributed by atoms with Crippen LogP contribution in [0, 0.1) is 13.8 Å². The number of aromatic nitrogens is 4. The van der Waals surface area contributed by atoms with Crippen LogP contribution in [-0.4, -0.2) is 26.8 Å². The van der Waals surface area contributed by atoms with E-state index in [2.05, 4.69) is 58.5 Å². The number of aryl methyl sites for hydroxylation is 3. The maximum Gasteiger partial charge on any atom is 0.229 e. The summed E-state index contributed by atoms with van der Waals surface area (Å²) < 4.78 is 1.91. The third kappa shape index (κ3) is 3.33. The molecule has 0 saturated carbocycles. The fraction of sp³-hybridized carbons (Fsp3) is 0.190. The molecule has 2 aromatic carbocycles. The Balaban J connectivity index is 1.63. The van der Waals surface area contributed by atoms with Crippen molar-refractivity contribution in [2.24, 2.45) is 7.05 Å². The Morgan fingerprint density at radius 1 is 1.00 bits per heavy atom. The Kier molecular flexibility index (Phi) is 4.24. The van der Waals surface area contributed by atoms with Crippen molar-refractivity contribution in [3.8, 4) is 0 Å². The Labute approximate surface area is 158 Å². The molecule has 2 heterocycles. The molecular weight excluding hydrogens is 336 g/mol. The minimum Gasteiger partial charge on any atom is -0.329 e. The van der Waals surface area contributed by atoms with Gasteiger partial charge < -0.3 is 10.2 Å². The van der Waals surface area contributed by atoms with Crippen molar-refractivity contribution in [2.75, 3.05) is 17.3 Å². The van der Waals surface area contributed by atoms with Gasteiger partial charge in [0.2, 0.25) is 5.95 Å². The first kappa shape index (κ1) is 17.0. The van der Waals surface area contributed by atoms with Gasteiger partial charge in [0.25, 0.3) is 0 Å². The second-order valence-corrected chi connectivity index (χ2v) is 6.70. The minimum atomic E-state index is 0.571. The van der Waals surface area contributed by atoms with Crippen LogP contribution >= 0.6 is 0 Å². The molecule has 136 valence electrons. The van der Waals surface area contributed by atoms with Crippen molar-refractivity contribution in [1.82, 2.24) is 19.7 Å². The molecule has 0 amide bonds. The lowest BCUT2D eigenvalue weighted by Gasteiger charge is -2.19. The molecule has 6 heteroatoms. The maximum atomic E-state index is 4.66. The summed E-state index contributed by atoms with van der Waals surface area (Å²) in [7, 11) is 3.97. The largest absolute Gasteiger partial charge is 0.329 e. The average molecular weight is 358 g/mol. The van der Waals surface area contributed by atoms with Crippen molar-refractivity contribution in [3.05, 3.63) is 66.0 Å². The van der Waals surface area contributed by atoms with E-state index in [1.54, 1.807) is 6.20 Å². The van der Waals surface area contributed by atoms with E-state index >= 15 is 0 Å². The Bertz CT molecular complexity index is 1100. The zero-order valence-corrected chi connectivity index (χ0v) is 15.9. The van der Waals surface area contributed by atoms with E-state index in [1.807, 2.05) is 47.9 Å². The lowest BCUT2D eigenvalue weighted by Crippen LogP contribution is -2.12. The zero-order chi connectivity index (χ0) is 19.0. The summed E-state index contributed by atoms with van der Waals surface area (Å²) in [4.78, 5) is 11.0. The Hall–Kier alpha value is -3.41. The topological polar surface area (TPSA) is 58.9 Å². The van der Waals surface area contributed by atoms with Gasteiger partial charge in [-0.3, -0.25) is 4.68 Å². The van der Waals surface area contributed by atoms with Crippen molar-refractivity contribution >= 4 is 34.0 Å². The number of nitrogens with zero attached hydrogens (tertiary/aromatic N) is 5. The number of rotatable bonds is 4. The van der Waals surface area contributed by atoms with E-state index in [1.165, 1.54) is 5.56 Å². The summed E-state index contributed by atoms with van der Waals surface area (Å²) in [5.41, 5.74) is 5.38. The van der Waals surface area contributed by atoms with Crippen LogP contribution in [-0.2, 0) is 7.05 Å². The van der Waals surface area contributed by atoms with Gasteiger partial charge in [0, 0.05) is 42.7 Å². The van der Waals surface area contributed by atoms with E-state index in [0.717, 1.165) is 33.8 Å². The summed E-state index contributed by atoms with van der Waals surface area (Å²) in [6.45, 7) is 4.14. The van der Waals surface area contributed by atoms with Crippen molar-refractivity contribution in [2.45, 2.75) is 13.8 Å². The fourth-order valence-electron chi connectivity index (χ4n) is 3.02. The predicted molar refractivity (Wildman–Crippen MR) is 110 cm³/mol. The first-order valence-corrected chi connectivity index (χ1v) is 8.85. The van der Waals surface area contributed by atoms with Gasteiger partial charge in [-0.05, 0) is 50.2 Å². The molecule has 4 aromatic rings. The second kappa shape index (κ2) is 6.72.